The van der Waals surface area contributed by atoms with Gasteiger partial charge in [-0.25, -0.2) is 0 Å². The zero-order valence-corrected chi connectivity index (χ0v) is 14.6. The predicted molar refractivity (Wildman–Crippen MR) is 92.0 cm³/mol. The second-order valence-corrected chi connectivity index (χ2v) is 8.06. The molecule has 0 unspecified atom stereocenters. The van der Waals surface area contributed by atoms with Crippen LogP contribution in [0.2, 0.25) is 0 Å². The molecule has 0 radical (unpaired) electrons. The molecule has 4 bridgehead atoms. The number of benzene rings is 1. The molecule has 0 aliphatic heterocycles. The Morgan fingerprint density at radius 3 is 2.25 bits per heavy atom. The number of nitrogens with one attached hydrogen (secondary N) is 1. The molecule has 4 fully saturated rings. The second kappa shape index (κ2) is 5.98. The molecule has 1 amide bonds. The second-order valence-electron chi connectivity index (χ2n) is 8.06. The van der Waals surface area contributed by atoms with Crippen molar-refractivity contribution in [2.75, 3.05) is 14.2 Å². The Labute approximate surface area is 143 Å². The summed E-state index contributed by atoms with van der Waals surface area (Å²) in [5.74, 6) is 4.16. The molecule has 130 valence electrons. The fourth-order valence-electron chi connectivity index (χ4n) is 5.75. The minimum atomic E-state index is -0.0888. The molecular formula is C20H27NO3. The summed E-state index contributed by atoms with van der Waals surface area (Å²) >= 11 is 0. The van der Waals surface area contributed by atoms with Crippen molar-refractivity contribution in [3.63, 3.8) is 0 Å². The molecule has 4 aliphatic rings. The zero-order chi connectivity index (χ0) is 16.7. The number of methoxy groups -OCH3 is 2. The van der Waals surface area contributed by atoms with E-state index in [-0.39, 0.29) is 11.3 Å². The van der Waals surface area contributed by atoms with E-state index in [1.165, 1.54) is 19.3 Å². The van der Waals surface area contributed by atoms with Gasteiger partial charge in [0, 0.05) is 23.6 Å². The summed E-state index contributed by atoms with van der Waals surface area (Å²) < 4.78 is 10.7. The number of amides is 1. The van der Waals surface area contributed by atoms with Crippen LogP contribution in [0.4, 0.5) is 0 Å². The van der Waals surface area contributed by atoms with Crippen molar-refractivity contribution in [3.8, 4) is 11.5 Å². The molecule has 1 aromatic rings. The van der Waals surface area contributed by atoms with Crippen LogP contribution in [-0.4, -0.2) is 20.1 Å². The number of carbonyl (C=O) groups is 1. The fraction of sp³-hybridized carbons (Fsp3) is 0.650. The van der Waals surface area contributed by atoms with Gasteiger partial charge in [0.15, 0.2) is 0 Å². The molecule has 4 nitrogen and oxygen atoms in total. The summed E-state index contributed by atoms with van der Waals surface area (Å²) in [6.45, 7) is 0.522. The molecule has 5 rings (SSSR count). The standard InChI is InChI=1S/C20H27NO3/c1-23-17-4-3-16(18(8-17)24-2)12-21-19(22)20-9-13-5-14(10-20)7-15(6-13)11-20/h3-4,8,13-15H,5-7,9-12H2,1-2H3,(H,21,22). The molecule has 1 aromatic carbocycles. The average molecular weight is 329 g/mol. The smallest absolute Gasteiger partial charge is 0.226 e. The summed E-state index contributed by atoms with van der Waals surface area (Å²) in [5, 5.41) is 3.21. The van der Waals surface area contributed by atoms with E-state index >= 15 is 0 Å². The quantitative estimate of drug-likeness (QED) is 0.899. The first kappa shape index (κ1) is 15.8. The van der Waals surface area contributed by atoms with Crippen LogP contribution in [0.1, 0.15) is 44.1 Å². The molecule has 1 N–H and O–H groups in total. The van der Waals surface area contributed by atoms with E-state index in [4.69, 9.17) is 9.47 Å². The molecule has 0 spiro atoms. The first-order chi connectivity index (χ1) is 11.6. The average Bonchev–Trinajstić information content (AvgIpc) is 2.58. The van der Waals surface area contributed by atoms with Crippen molar-refractivity contribution in [1.29, 1.82) is 0 Å². The molecule has 4 saturated carbocycles. The normalized spacial score (nSPS) is 33.3. The van der Waals surface area contributed by atoms with Gasteiger partial charge in [-0.3, -0.25) is 4.79 Å². The number of carbonyl (C=O) groups excluding carboxylic acids is 1. The van der Waals surface area contributed by atoms with E-state index in [1.54, 1.807) is 14.2 Å². The molecule has 4 heteroatoms. The summed E-state index contributed by atoms with van der Waals surface area (Å²) in [6, 6.07) is 5.75. The molecule has 4 aliphatic carbocycles. The van der Waals surface area contributed by atoms with Crippen molar-refractivity contribution in [3.05, 3.63) is 23.8 Å². The van der Waals surface area contributed by atoms with Gasteiger partial charge in [-0.05, 0) is 68.4 Å². The van der Waals surface area contributed by atoms with Crippen LogP contribution in [-0.2, 0) is 11.3 Å². The minimum Gasteiger partial charge on any atom is -0.497 e. The van der Waals surface area contributed by atoms with E-state index < -0.39 is 0 Å². The van der Waals surface area contributed by atoms with Crippen LogP contribution >= 0.6 is 0 Å². The summed E-state index contributed by atoms with van der Waals surface area (Å²) in [4.78, 5) is 13.0. The lowest BCUT2D eigenvalue weighted by molar-refractivity contribution is -0.146. The molecular weight excluding hydrogens is 302 g/mol. The molecule has 24 heavy (non-hydrogen) atoms. The Balaban J connectivity index is 1.46. The van der Waals surface area contributed by atoms with Crippen LogP contribution < -0.4 is 14.8 Å². The maximum Gasteiger partial charge on any atom is 0.226 e. The molecule has 0 aromatic heterocycles. The van der Waals surface area contributed by atoms with E-state index in [9.17, 15) is 4.79 Å². The Hall–Kier alpha value is -1.71. The Morgan fingerprint density at radius 2 is 1.71 bits per heavy atom. The van der Waals surface area contributed by atoms with Crippen molar-refractivity contribution in [2.24, 2.45) is 23.2 Å². The number of hydrogen-bond donors (Lipinski definition) is 1. The maximum absolute atomic E-state index is 13.0. The monoisotopic (exact) mass is 329 g/mol. The van der Waals surface area contributed by atoms with Crippen LogP contribution in [0, 0.1) is 23.2 Å². The van der Waals surface area contributed by atoms with E-state index in [1.807, 2.05) is 18.2 Å². The van der Waals surface area contributed by atoms with Gasteiger partial charge in [-0.2, -0.15) is 0 Å². The zero-order valence-electron chi connectivity index (χ0n) is 14.6. The van der Waals surface area contributed by atoms with Crippen LogP contribution in [0.25, 0.3) is 0 Å². The summed E-state index contributed by atoms with van der Waals surface area (Å²) in [5.41, 5.74) is 0.908. The topological polar surface area (TPSA) is 47.6 Å². The van der Waals surface area contributed by atoms with Gasteiger partial charge in [0.2, 0.25) is 5.91 Å². The number of rotatable bonds is 5. The van der Waals surface area contributed by atoms with Crippen molar-refractivity contribution in [1.82, 2.24) is 5.32 Å². The van der Waals surface area contributed by atoms with Gasteiger partial charge < -0.3 is 14.8 Å². The summed E-state index contributed by atoms with van der Waals surface area (Å²) in [6.07, 6.45) is 7.39. The third-order valence-corrected chi connectivity index (χ3v) is 6.45. The Morgan fingerprint density at radius 1 is 1.08 bits per heavy atom. The molecule has 0 heterocycles. The Bertz CT molecular complexity index is 604. The Kier molecular flexibility index (Phi) is 3.93. The van der Waals surface area contributed by atoms with Gasteiger partial charge in [-0.1, -0.05) is 0 Å². The highest BCUT2D eigenvalue weighted by atomic mass is 16.5. The van der Waals surface area contributed by atoms with E-state index in [0.29, 0.717) is 6.54 Å². The van der Waals surface area contributed by atoms with Crippen LogP contribution in [0.5, 0.6) is 11.5 Å². The van der Waals surface area contributed by atoms with Crippen LogP contribution in [0.15, 0.2) is 18.2 Å². The van der Waals surface area contributed by atoms with E-state index in [0.717, 1.165) is 54.1 Å². The fourth-order valence-corrected chi connectivity index (χ4v) is 5.75. The van der Waals surface area contributed by atoms with Gasteiger partial charge in [0.25, 0.3) is 0 Å². The number of hydrogen-bond acceptors (Lipinski definition) is 3. The third-order valence-electron chi connectivity index (χ3n) is 6.45. The third kappa shape index (κ3) is 2.66. The largest absolute Gasteiger partial charge is 0.497 e. The van der Waals surface area contributed by atoms with Crippen LogP contribution in [0.3, 0.4) is 0 Å². The highest BCUT2D eigenvalue weighted by Gasteiger charge is 2.54. The van der Waals surface area contributed by atoms with Gasteiger partial charge in [0.1, 0.15) is 11.5 Å². The lowest BCUT2D eigenvalue weighted by Crippen LogP contribution is -2.53. The van der Waals surface area contributed by atoms with Crippen molar-refractivity contribution < 1.29 is 14.3 Å². The lowest BCUT2D eigenvalue weighted by atomic mass is 9.49. The van der Waals surface area contributed by atoms with Crippen molar-refractivity contribution in [2.45, 2.75) is 45.1 Å². The highest BCUT2D eigenvalue weighted by molar-refractivity contribution is 5.83. The predicted octanol–water partition coefficient (Wildman–Crippen LogP) is 3.54. The first-order valence-corrected chi connectivity index (χ1v) is 9.11. The maximum atomic E-state index is 13.0. The van der Waals surface area contributed by atoms with E-state index in [2.05, 4.69) is 5.32 Å². The summed E-state index contributed by atoms with van der Waals surface area (Å²) in [7, 11) is 3.29. The number of ether oxygens (including phenoxy) is 2. The van der Waals surface area contributed by atoms with Crippen molar-refractivity contribution >= 4 is 5.91 Å². The molecule has 0 saturated heterocycles. The minimum absolute atomic E-state index is 0.0888. The molecule has 0 atom stereocenters. The lowest BCUT2D eigenvalue weighted by Gasteiger charge is -2.55. The SMILES string of the molecule is COc1ccc(CNC(=O)C23CC4CC(CC(C4)C2)C3)c(OC)c1. The van der Waals surface area contributed by atoms with Gasteiger partial charge in [0.05, 0.1) is 14.2 Å². The highest BCUT2D eigenvalue weighted by Crippen LogP contribution is 2.60. The van der Waals surface area contributed by atoms with Gasteiger partial charge >= 0.3 is 0 Å². The first-order valence-electron chi connectivity index (χ1n) is 9.11. The van der Waals surface area contributed by atoms with Gasteiger partial charge in [-0.15, -0.1) is 0 Å².